The van der Waals surface area contributed by atoms with Crippen LogP contribution >= 0.6 is 0 Å². The third-order valence-corrected chi connectivity index (χ3v) is 5.04. The second kappa shape index (κ2) is 6.77. The second-order valence-electron chi connectivity index (χ2n) is 6.67. The van der Waals surface area contributed by atoms with Crippen LogP contribution in [0.15, 0.2) is 0 Å². The molecule has 1 aromatic heterocycles. The van der Waals surface area contributed by atoms with Crippen molar-refractivity contribution in [2.45, 2.75) is 51.5 Å². The van der Waals surface area contributed by atoms with E-state index in [-0.39, 0.29) is 5.91 Å². The Morgan fingerprint density at radius 3 is 2.64 bits per heavy atom. The van der Waals surface area contributed by atoms with Gasteiger partial charge in [0.1, 0.15) is 11.6 Å². The van der Waals surface area contributed by atoms with Crippen LogP contribution in [0.2, 0.25) is 0 Å². The second-order valence-corrected chi connectivity index (χ2v) is 6.67. The first kappa shape index (κ1) is 15.5. The van der Waals surface area contributed by atoms with Gasteiger partial charge < -0.3 is 9.47 Å². The third-order valence-electron chi connectivity index (χ3n) is 5.04. The van der Waals surface area contributed by atoms with Gasteiger partial charge in [-0.2, -0.15) is 0 Å². The zero-order valence-corrected chi connectivity index (χ0v) is 13.8. The molecule has 0 unspecified atom stereocenters. The van der Waals surface area contributed by atoms with Gasteiger partial charge in [-0.05, 0) is 38.8 Å². The highest BCUT2D eigenvalue weighted by Crippen LogP contribution is 2.26. The van der Waals surface area contributed by atoms with Gasteiger partial charge >= 0.3 is 0 Å². The van der Waals surface area contributed by atoms with Gasteiger partial charge in [0.15, 0.2) is 0 Å². The largest absolute Gasteiger partial charge is 0.342 e. The van der Waals surface area contributed by atoms with E-state index in [1.165, 1.54) is 32.4 Å². The average Bonchev–Trinajstić information content (AvgIpc) is 2.89. The lowest BCUT2D eigenvalue weighted by Crippen LogP contribution is -2.38. The first-order valence-electron chi connectivity index (χ1n) is 8.51. The monoisotopic (exact) mass is 305 g/mol. The smallest absolute Gasteiger partial charge is 0.219 e. The lowest BCUT2D eigenvalue weighted by Gasteiger charge is -2.31. The van der Waals surface area contributed by atoms with Crippen molar-refractivity contribution < 1.29 is 4.79 Å². The van der Waals surface area contributed by atoms with Crippen LogP contribution in [0.3, 0.4) is 0 Å². The van der Waals surface area contributed by atoms with E-state index in [1.54, 1.807) is 6.92 Å². The Labute approximate surface area is 132 Å². The van der Waals surface area contributed by atoms with Crippen LogP contribution < -0.4 is 0 Å². The fraction of sp³-hybridized carbons (Fsp3) is 0.812. The van der Waals surface area contributed by atoms with Crippen molar-refractivity contribution in [2.75, 3.05) is 26.2 Å². The van der Waals surface area contributed by atoms with Crippen LogP contribution in [0, 0.1) is 0 Å². The van der Waals surface area contributed by atoms with E-state index in [9.17, 15) is 4.79 Å². The van der Waals surface area contributed by atoms with Gasteiger partial charge in [-0.15, -0.1) is 10.2 Å². The SMILES string of the molecule is CC(=O)N1CCC[C@H](c2nnc(CN3CCCCC3)n2C)C1. The van der Waals surface area contributed by atoms with E-state index < -0.39 is 0 Å². The Hall–Kier alpha value is -1.43. The Morgan fingerprint density at radius 2 is 1.91 bits per heavy atom. The quantitative estimate of drug-likeness (QED) is 0.850. The number of piperidine rings is 2. The predicted molar refractivity (Wildman–Crippen MR) is 84.4 cm³/mol. The Bertz CT molecular complexity index is 521. The maximum Gasteiger partial charge on any atom is 0.219 e. The molecule has 1 atom stereocenters. The normalized spacial score (nSPS) is 23.7. The van der Waals surface area contributed by atoms with Crippen LogP contribution in [-0.2, 0) is 18.4 Å². The molecule has 0 spiro atoms. The molecule has 122 valence electrons. The van der Waals surface area contributed by atoms with Gasteiger partial charge in [0.2, 0.25) is 5.91 Å². The number of hydrogen-bond acceptors (Lipinski definition) is 4. The van der Waals surface area contributed by atoms with Gasteiger partial charge in [-0.3, -0.25) is 9.69 Å². The van der Waals surface area contributed by atoms with Crippen LogP contribution in [0.1, 0.15) is 56.6 Å². The van der Waals surface area contributed by atoms with Crippen molar-refractivity contribution in [3.05, 3.63) is 11.6 Å². The summed E-state index contributed by atoms with van der Waals surface area (Å²) < 4.78 is 2.16. The van der Waals surface area contributed by atoms with Crippen molar-refractivity contribution >= 4 is 5.91 Å². The van der Waals surface area contributed by atoms with Crippen LogP contribution in [0.4, 0.5) is 0 Å². The van der Waals surface area contributed by atoms with E-state index in [2.05, 4.69) is 26.7 Å². The molecule has 2 aliphatic rings. The maximum absolute atomic E-state index is 11.6. The van der Waals surface area contributed by atoms with Crippen molar-refractivity contribution in [1.29, 1.82) is 0 Å². The molecule has 3 heterocycles. The summed E-state index contributed by atoms with van der Waals surface area (Å²) in [6, 6.07) is 0. The molecule has 2 saturated heterocycles. The molecule has 0 N–H and O–H groups in total. The van der Waals surface area contributed by atoms with Crippen LogP contribution in [0.25, 0.3) is 0 Å². The summed E-state index contributed by atoms with van der Waals surface area (Å²) in [6.45, 7) is 6.55. The summed E-state index contributed by atoms with van der Waals surface area (Å²) in [5.74, 6) is 2.58. The standard InChI is InChI=1S/C16H27N5O/c1-13(22)21-10-6-7-14(11-21)16-18-17-15(19(16)2)12-20-8-4-3-5-9-20/h14H,3-12H2,1-2H3/t14-/m0/s1. The third kappa shape index (κ3) is 3.32. The zero-order chi connectivity index (χ0) is 15.5. The summed E-state index contributed by atoms with van der Waals surface area (Å²) in [5.41, 5.74) is 0. The minimum absolute atomic E-state index is 0.167. The molecule has 2 fully saturated rings. The van der Waals surface area contributed by atoms with Crippen molar-refractivity contribution in [1.82, 2.24) is 24.6 Å². The first-order valence-corrected chi connectivity index (χ1v) is 8.51. The minimum atomic E-state index is 0.167. The molecule has 0 bridgehead atoms. The molecule has 1 amide bonds. The van der Waals surface area contributed by atoms with E-state index in [0.29, 0.717) is 5.92 Å². The predicted octanol–water partition coefficient (Wildman–Crippen LogP) is 1.53. The van der Waals surface area contributed by atoms with Crippen molar-refractivity contribution in [3.63, 3.8) is 0 Å². The summed E-state index contributed by atoms with van der Waals surface area (Å²) >= 11 is 0. The lowest BCUT2D eigenvalue weighted by atomic mass is 9.97. The molecule has 0 radical (unpaired) electrons. The zero-order valence-electron chi connectivity index (χ0n) is 13.8. The minimum Gasteiger partial charge on any atom is -0.342 e. The van der Waals surface area contributed by atoms with Gasteiger partial charge in [0, 0.05) is 33.0 Å². The van der Waals surface area contributed by atoms with E-state index in [0.717, 1.165) is 44.1 Å². The van der Waals surface area contributed by atoms with Gasteiger partial charge in [0.05, 0.1) is 6.54 Å². The Kier molecular flexibility index (Phi) is 4.76. The van der Waals surface area contributed by atoms with Crippen LogP contribution in [-0.4, -0.2) is 56.7 Å². The van der Waals surface area contributed by atoms with Gasteiger partial charge in [0.25, 0.3) is 0 Å². The van der Waals surface area contributed by atoms with Crippen LogP contribution in [0.5, 0.6) is 0 Å². The highest BCUT2D eigenvalue weighted by molar-refractivity contribution is 5.73. The van der Waals surface area contributed by atoms with Gasteiger partial charge in [-0.25, -0.2) is 0 Å². The fourth-order valence-electron chi connectivity index (χ4n) is 3.66. The highest BCUT2D eigenvalue weighted by Gasteiger charge is 2.27. The molecule has 0 aliphatic carbocycles. The Morgan fingerprint density at radius 1 is 1.14 bits per heavy atom. The molecule has 6 nitrogen and oxygen atoms in total. The number of nitrogens with zero attached hydrogens (tertiary/aromatic N) is 5. The number of amides is 1. The number of rotatable bonds is 3. The summed E-state index contributed by atoms with van der Waals surface area (Å²) in [6.07, 6.45) is 6.09. The number of likely N-dealkylation sites (tertiary alicyclic amines) is 2. The summed E-state index contributed by atoms with van der Waals surface area (Å²) in [4.78, 5) is 16.0. The van der Waals surface area contributed by atoms with Gasteiger partial charge in [-0.1, -0.05) is 6.42 Å². The number of aromatic nitrogens is 3. The molecule has 22 heavy (non-hydrogen) atoms. The van der Waals surface area contributed by atoms with Crippen molar-refractivity contribution in [2.24, 2.45) is 7.05 Å². The number of carbonyl (C=O) groups excluding carboxylic acids is 1. The molecular formula is C16H27N5O. The topological polar surface area (TPSA) is 54.3 Å². The van der Waals surface area contributed by atoms with E-state index in [4.69, 9.17) is 0 Å². The van der Waals surface area contributed by atoms with E-state index in [1.807, 2.05) is 4.90 Å². The summed E-state index contributed by atoms with van der Waals surface area (Å²) in [7, 11) is 2.07. The molecule has 0 saturated carbocycles. The Balaban J connectivity index is 1.68. The molecule has 2 aliphatic heterocycles. The first-order chi connectivity index (χ1) is 10.6. The van der Waals surface area contributed by atoms with E-state index >= 15 is 0 Å². The molecular weight excluding hydrogens is 278 g/mol. The average molecular weight is 305 g/mol. The molecule has 3 rings (SSSR count). The number of carbonyl (C=O) groups is 1. The summed E-state index contributed by atoms with van der Waals surface area (Å²) in [5, 5.41) is 8.87. The maximum atomic E-state index is 11.6. The fourth-order valence-corrected chi connectivity index (χ4v) is 3.66. The molecule has 1 aromatic rings. The highest BCUT2D eigenvalue weighted by atomic mass is 16.2. The van der Waals surface area contributed by atoms with Crippen molar-refractivity contribution in [3.8, 4) is 0 Å². The lowest BCUT2D eigenvalue weighted by molar-refractivity contribution is -0.130. The molecule has 6 heteroatoms. The number of hydrogen-bond donors (Lipinski definition) is 0. The molecule has 0 aromatic carbocycles.